The van der Waals surface area contributed by atoms with Crippen molar-refractivity contribution in [3.63, 3.8) is 0 Å². The third-order valence-corrected chi connectivity index (χ3v) is 4.25. The monoisotopic (exact) mass is 369 g/mol. The third kappa shape index (κ3) is 3.59. The summed E-state index contributed by atoms with van der Waals surface area (Å²) in [5.74, 6) is 1.06. The molecule has 140 valence electrons. The molecule has 0 spiro atoms. The van der Waals surface area contributed by atoms with Gasteiger partial charge in [0.2, 0.25) is 5.78 Å². The molecule has 0 saturated heterocycles. The molecule has 0 aliphatic rings. The van der Waals surface area contributed by atoms with Gasteiger partial charge in [0, 0.05) is 29.1 Å². The Morgan fingerprint density at radius 2 is 1.96 bits per heavy atom. The van der Waals surface area contributed by atoms with Gasteiger partial charge in [-0.2, -0.15) is 0 Å². The summed E-state index contributed by atoms with van der Waals surface area (Å²) in [5.41, 5.74) is 2.58. The van der Waals surface area contributed by atoms with Crippen LogP contribution in [0.15, 0.2) is 34.9 Å². The molecule has 0 aliphatic heterocycles. The molecule has 27 heavy (non-hydrogen) atoms. The maximum atomic E-state index is 12.6. The van der Waals surface area contributed by atoms with Gasteiger partial charge in [-0.3, -0.25) is 19.5 Å². The number of nitrogens with zero attached hydrogens (tertiary/aromatic N) is 3. The predicted octanol–water partition coefficient (Wildman–Crippen LogP) is 3.87. The number of aryl methyl sites for hydroxylation is 3. The molecule has 3 rings (SSSR count). The summed E-state index contributed by atoms with van der Waals surface area (Å²) < 4.78 is 12.4. The van der Waals surface area contributed by atoms with Crippen molar-refractivity contribution in [2.45, 2.75) is 27.7 Å². The van der Waals surface area contributed by atoms with Crippen LogP contribution in [0.25, 0.3) is 5.82 Å². The van der Waals surface area contributed by atoms with E-state index >= 15 is 0 Å². The van der Waals surface area contributed by atoms with E-state index in [1.54, 1.807) is 39.0 Å². The molecule has 0 bridgehead atoms. The lowest BCUT2D eigenvalue weighted by Crippen LogP contribution is -2.13. The number of rotatable bonds is 6. The van der Waals surface area contributed by atoms with Crippen LogP contribution in [0.4, 0.5) is 5.69 Å². The van der Waals surface area contributed by atoms with Gasteiger partial charge in [-0.25, -0.2) is 0 Å². The van der Waals surface area contributed by atoms with E-state index in [1.807, 2.05) is 11.5 Å². The van der Waals surface area contributed by atoms with Gasteiger partial charge in [0.05, 0.1) is 4.92 Å². The van der Waals surface area contributed by atoms with Crippen LogP contribution in [-0.2, 0) is 0 Å². The third-order valence-electron chi connectivity index (χ3n) is 4.25. The number of benzene rings is 1. The van der Waals surface area contributed by atoms with Gasteiger partial charge in [0.1, 0.15) is 5.76 Å². The van der Waals surface area contributed by atoms with Crippen LogP contribution >= 0.6 is 0 Å². The maximum Gasteiger partial charge on any atom is 0.311 e. The van der Waals surface area contributed by atoms with E-state index in [2.05, 4.69) is 5.16 Å². The normalized spacial score (nSPS) is 10.8. The van der Waals surface area contributed by atoms with Crippen molar-refractivity contribution in [3.05, 3.63) is 68.7 Å². The molecule has 1 aromatic carbocycles. The van der Waals surface area contributed by atoms with E-state index < -0.39 is 4.92 Å². The standard InChI is InChI=1S/C19H19N3O5/c1-11-5-6-18(16(7-11)22(24)25)26-10-17(23)15-8-12(2)21(14(15)4)19-9-13(3)27-20-19/h5-9H,10H2,1-4H3. The molecule has 0 aliphatic carbocycles. The fourth-order valence-electron chi connectivity index (χ4n) is 2.97. The first-order chi connectivity index (χ1) is 12.8. The first-order valence-electron chi connectivity index (χ1n) is 8.31. The molecule has 2 aromatic heterocycles. The number of nitro groups is 1. The molecule has 0 amide bonds. The highest BCUT2D eigenvalue weighted by atomic mass is 16.6. The van der Waals surface area contributed by atoms with Crippen LogP contribution in [0.5, 0.6) is 5.75 Å². The van der Waals surface area contributed by atoms with Crippen molar-refractivity contribution in [2.24, 2.45) is 0 Å². The fourth-order valence-corrected chi connectivity index (χ4v) is 2.97. The number of carbonyl (C=O) groups excluding carboxylic acids is 1. The van der Waals surface area contributed by atoms with E-state index in [1.165, 1.54) is 12.1 Å². The number of hydrogen-bond acceptors (Lipinski definition) is 6. The fraction of sp³-hybridized carbons (Fsp3) is 0.263. The second-order valence-corrected chi connectivity index (χ2v) is 6.36. The molecule has 0 N–H and O–H groups in total. The summed E-state index contributed by atoms with van der Waals surface area (Å²) in [6.45, 7) is 6.91. The van der Waals surface area contributed by atoms with Gasteiger partial charge in [0.15, 0.2) is 18.2 Å². The van der Waals surface area contributed by atoms with Crippen molar-refractivity contribution < 1.29 is 19.0 Å². The Hall–Kier alpha value is -3.42. The van der Waals surface area contributed by atoms with E-state index in [9.17, 15) is 14.9 Å². The number of Topliss-reactive ketones (excluding diaryl/α,β-unsaturated/α-hetero) is 1. The highest BCUT2D eigenvalue weighted by Crippen LogP contribution is 2.28. The van der Waals surface area contributed by atoms with Crippen molar-refractivity contribution >= 4 is 11.5 Å². The zero-order valence-electron chi connectivity index (χ0n) is 15.5. The minimum Gasteiger partial charge on any atom is -0.478 e. The Kier molecular flexibility index (Phi) is 4.81. The summed E-state index contributed by atoms with van der Waals surface area (Å²) in [6, 6.07) is 8.14. The smallest absolute Gasteiger partial charge is 0.311 e. The van der Waals surface area contributed by atoms with Gasteiger partial charge in [0.25, 0.3) is 0 Å². The van der Waals surface area contributed by atoms with Gasteiger partial charge in [-0.1, -0.05) is 11.2 Å². The zero-order chi connectivity index (χ0) is 19.7. The average molecular weight is 369 g/mol. The van der Waals surface area contributed by atoms with Crippen LogP contribution in [0.1, 0.15) is 33.1 Å². The number of ketones is 1. The summed E-state index contributed by atoms with van der Waals surface area (Å²) in [6.07, 6.45) is 0. The SMILES string of the molecule is Cc1ccc(OCC(=O)c2cc(C)n(-c3cc(C)on3)c2C)c([N+](=O)[O-])c1. The topological polar surface area (TPSA) is 100 Å². The summed E-state index contributed by atoms with van der Waals surface area (Å²) in [5, 5.41) is 15.2. The van der Waals surface area contributed by atoms with E-state index in [4.69, 9.17) is 9.26 Å². The van der Waals surface area contributed by atoms with Gasteiger partial charge < -0.3 is 9.26 Å². The highest BCUT2D eigenvalue weighted by Gasteiger charge is 2.21. The van der Waals surface area contributed by atoms with Crippen LogP contribution in [0.3, 0.4) is 0 Å². The van der Waals surface area contributed by atoms with Gasteiger partial charge in [-0.05, 0) is 45.4 Å². The lowest BCUT2D eigenvalue weighted by molar-refractivity contribution is -0.385. The molecule has 3 aromatic rings. The molecule has 8 nitrogen and oxygen atoms in total. The highest BCUT2D eigenvalue weighted by molar-refractivity contribution is 5.98. The second-order valence-electron chi connectivity index (χ2n) is 6.36. The van der Waals surface area contributed by atoms with Crippen LogP contribution in [0, 0.1) is 37.8 Å². The zero-order valence-corrected chi connectivity index (χ0v) is 15.5. The van der Waals surface area contributed by atoms with E-state index in [0.29, 0.717) is 22.8 Å². The van der Waals surface area contributed by atoms with E-state index in [0.717, 1.165) is 11.3 Å². The number of aromatic nitrogens is 2. The number of carbonyl (C=O) groups is 1. The van der Waals surface area contributed by atoms with Gasteiger partial charge in [-0.15, -0.1) is 0 Å². The Bertz CT molecular complexity index is 1030. The summed E-state index contributed by atoms with van der Waals surface area (Å²) in [4.78, 5) is 23.3. The van der Waals surface area contributed by atoms with Crippen LogP contribution in [-0.4, -0.2) is 27.0 Å². The van der Waals surface area contributed by atoms with Crippen LogP contribution in [0.2, 0.25) is 0 Å². The first kappa shape index (κ1) is 18.4. The summed E-state index contributed by atoms with van der Waals surface area (Å²) >= 11 is 0. The average Bonchev–Trinajstić information content (AvgIpc) is 3.16. The number of hydrogen-bond donors (Lipinski definition) is 0. The molecular weight excluding hydrogens is 350 g/mol. The Morgan fingerprint density at radius 3 is 2.59 bits per heavy atom. The molecular formula is C19H19N3O5. The molecule has 0 saturated carbocycles. The molecule has 0 unspecified atom stereocenters. The number of nitro benzene ring substituents is 1. The van der Waals surface area contributed by atoms with E-state index in [-0.39, 0.29) is 23.8 Å². The Morgan fingerprint density at radius 1 is 1.22 bits per heavy atom. The van der Waals surface area contributed by atoms with Crippen molar-refractivity contribution in [3.8, 4) is 11.6 Å². The first-order valence-corrected chi connectivity index (χ1v) is 8.31. The van der Waals surface area contributed by atoms with Crippen molar-refractivity contribution in [1.29, 1.82) is 0 Å². The quantitative estimate of drug-likeness (QED) is 0.371. The minimum atomic E-state index is -0.522. The Labute approximate surface area is 155 Å². The molecule has 8 heteroatoms. The Balaban J connectivity index is 1.83. The molecule has 2 heterocycles. The second kappa shape index (κ2) is 7.06. The van der Waals surface area contributed by atoms with Crippen molar-refractivity contribution in [2.75, 3.05) is 6.61 Å². The van der Waals surface area contributed by atoms with Gasteiger partial charge >= 0.3 is 5.69 Å². The maximum absolute atomic E-state index is 12.6. The molecule has 0 fully saturated rings. The lowest BCUT2D eigenvalue weighted by Gasteiger charge is -2.07. The minimum absolute atomic E-state index is 0.0693. The van der Waals surface area contributed by atoms with Crippen LogP contribution < -0.4 is 4.74 Å². The summed E-state index contributed by atoms with van der Waals surface area (Å²) in [7, 11) is 0. The predicted molar refractivity (Wildman–Crippen MR) is 97.7 cm³/mol. The molecule has 0 radical (unpaired) electrons. The molecule has 0 atom stereocenters. The van der Waals surface area contributed by atoms with Crippen molar-refractivity contribution in [1.82, 2.24) is 9.72 Å². The number of ether oxygens (including phenoxy) is 1. The lowest BCUT2D eigenvalue weighted by atomic mass is 10.1. The largest absolute Gasteiger partial charge is 0.478 e.